The Balaban J connectivity index is 1.65. The molecule has 0 saturated heterocycles. The van der Waals surface area contributed by atoms with Gasteiger partial charge in [-0.3, -0.25) is 9.78 Å². The molecule has 7 nitrogen and oxygen atoms in total. The summed E-state index contributed by atoms with van der Waals surface area (Å²) in [5.74, 6) is 0.863. The molecular weight excluding hydrogens is 444 g/mol. The molecule has 1 N–H and O–H groups in total. The number of thioether (sulfide) groups is 1. The van der Waals surface area contributed by atoms with Crippen LogP contribution in [-0.2, 0) is 17.9 Å². The highest BCUT2D eigenvalue weighted by molar-refractivity contribution is 7.99. The third kappa shape index (κ3) is 8.11. The fraction of sp³-hybridized carbons (Fsp3) is 0.304. The maximum absolute atomic E-state index is 12.3. The van der Waals surface area contributed by atoms with E-state index in [1.807, 2.05) is 44.4 Å². The van der Waals surface area contributed by atoms with Crippen molar-refractivity contribution in [1.29, 1.82) is 0 Å². The predicted molar refractivity (Wildman–Crippen MR) is 130 cm³/mol. The van der Waals surface area contributed by atoms with Crippen LogP contribution in [0.3, 0.4) is 0 Å². The maximum atomic E-state index is 12.3. The number of hydrogen-bond donors (Lipinski definition) is 1. The topological polar surface area (TPSA) is 74.2 Å². The third-order valence-electron chi connectivity index (χ3n) is 4.59. The van der Waals surface area contributed by atoms with Gasteiger partial charge >= 0.3 is 0 Å². The third-order valence-corrected chi connectivity index (χ3v) is 5.63. The van der Waals surface area contributed by atoms with Crippen molar-refractivity contribution >= 4 is 35.1 Å². The lowest BCUT2D eigenvalue weighted by Crippen LogP contribution is -2.32. The minimum absolute atomic E-state index is 0.0920. The van der Waals surface area contributed by atoms with Gasteiger partial charge in [0, 0.05) is 44.6 Å². The zero-order valence-corrected chi connectivity index (χ0v) is 19.8. The number of pyridine rings is 1. The first-order valence-corrected chi connectivity index (χ1v) is 11.6. The second kappa shape index (κ2) is 12.4. The van der Waals surface area contributed by atoms with Crippen LogP contribution in [0.15, 0.2) is 66.1 Å². The average Bonchev–Trinajstić information content (AvgIpc) is 2.80. The highest BCUT2D eigenvalue weighted by atomic mass is 35.5. The molecule has 2 heterocycles. The van der Waals surface area contributed by atoms with Crippen molar-refractivity contribution in [3.8, 4) is 0 Å². The summed E-state index contributed by atoms with van der Waals surface area (Å²) in [6, 6.07) is 15.8. The van der Waals surface area contributed by atoms with Crippen LogP contribution in [0, 0.1) is 0 Å². The molecule has 3 aromatic rings. The van der Waals surface area contributed by atoms with Crippen LogP contribution >= 0.6 is 23.4 Å². The van der Waals surface area contributed by atoms with E-state index in [-0.39, 0.29) is 11.7 Å². The van der Waals surface area contributed by atoms with Gasteiger partial charge in [-0.05, 0) is 37.4 Å². The minimum Gasteiger partial charge on any atom is -0.351 e. The highest BCUT2D eigenvalue weighted by Gasteiger charge is 2.14. The maximum Gasteiger partial charge on any atom is 0.230 e. The number of amides is 1. The number of anilines is 1. The number of carbonyl (C=O) groups is 1. The molecule has 0 saturated carbocycles. The lowest BCUT2D eigenvalue weighted by molar-refractivity contribution is -0.118. The van der Waals surface area contributed by atoms with E-state index in [9.17, 15) is 4.79 Å². The number of nitrogens with zero attached hydrogens (tertiary/aromatic N) is 5. The summed E-state index contributed by atoms with van der Waals surface area (Å²) in [5.41, 5.74) is 2.18. The van der Waals surface area contributed by atoms with Crippen molar-refractivity contribution in [3.63, 3.8) is 0 Å². The molecule has 0 unspecified atom stereocenters. The van der Waals surface area contributed by atoms with Crippen LogP contribution in [0.2, 0.25) is 5.15 Å². The molecule has 0 atom stereocenters. The van der Waals surface area contributed by atoms with Crippen LogP contribution in [0.1, 0.15) is 11.1 Å². The van der Waals surface area contributed by atoms with E-state index in [0.29, 0.717) is 23.4 Å². The summed E-state index contributed by atoms with van der Waals surface area (Å²) >= 11 is 7.58. The summed E-state index contributed by atoms with van der Waals surface area (Å²) in [7, 11) is 4.08. The van der Waals surface area contributed by atoms with Gasteiger partial charge in [0.25, 0.3) is 0 Å². The molecule has 1 aromatic carbocycles. The molecule has 1 amide bonds. The Morgan fingerprint density at radius 3 is 2.50 bits per heavy atom. The first-order valence-electron chi connectivity index (χ1n) is 10.3. The predicted octanol–water partition coefficient (Wildman–Crippen LogP) is 3.50. The Hall–Kier alpha value is -2.68. The lowest BCUT2D eigenvalue weighted by Gasteiger charge is -2.26. The van der Waals surface area contributed by atoms with Crippen LogP contribution in [0.25, 0.3) is 0 Å². The number of hydrogen-bond acceptors (Lipinski definition) is 7. The number of likely N-dealkylation sites (N-methyl/N-ethyl adjacent to an activating group) is 1. The van der Waals surface area contributed by atoms with Crippen molar-refractivity contribution in [2.45, 2.75) is 18.2 Å². The van der Waals surface area contributed by atoms with Crippen LogP contribution in [0.5, 0.6) is 0 Å². The van der Waals surface area contributed by atoms with E-state index in [0.717, 1.165) is 24.5 Å². The van der Waals surface area contributed by atoms with Gasteiger partial charge in [0.2, 0.25) is 5.91 Å². The van der Waals surface area contributed by atoms with E-state index in [2.05, 4.69) is 42.2 Å². The molecule has 2 aromatic heterocycles. The fourth-order valence-corrected chi connectivity index (χ4v) is 3.80. The van der Waals surface area contributed by atoms with Gasteiger partial charge in [0.1, 0.15) is 11.0 Å². The lowest BCUT2D eigenvalue weighted by atomic mass is 10.2. The van der Waals surface area contributed by atoms with Crippen molar-refractivity contribution in [2.75, 3.05) is 37.8 Å². The van der Waals surface area contributed by atoms with Gasteiger partial charge < -0.3 is 15.1 Å². The van der Waals surface area contributed by atoms with E-state index < -0.39 is 0 Å². The normalized spacial score (nSPS) is 10.9. The molecule has 168 valence electrons. The van der Waals surface area contributed by atoms with Crippen LogP contribution in [-0.4, -0.2) is 58.7 Å². The van der Waals surface area contributed by atoms with Crippen molar-refractivity contribution < 1.29 is 4.79 Å². The van der Waals surface area contributed by atoms with Crippen molar-refractivity contribution in [2.24, 2.45) is 0 Å². The molecule has 0 aliphatic carbocycles. The van der Waals surface area contributed by atoms with Gasteiger partial charge in [0.05, 0.1) is 5.75 Å². The summed E-state index contributed by atoms with van der Waals surface area (Å²) in [6.07, 6.45) is 3.41. The Labute approximate surface area is 198 Å². The average molecular weight is 471 g/mol. The van der Waals surface area contributed by atoms with Gasteiger partial charge in [-0.25, -0.2) is 9.97 Å². The second-order valence-electron chi connectivity index (χ2n) is 7.46. The number of aromatic nitrogens is 3. The van der Waals surface area contributed by atoms with Gasteiger partial charge in [-0.15, -0.1) is 0 Å². The number of carbonyl (C=O) groups excluding carboxylic acids is 1. The van der Waals surface area contributed by atoms with E-state index in [4.69, 9.17) is 11.6 Å². The zero-order chi connectivity index (χ0) is 22.8. The summed E-state index contributed by atoms with van der Waals surface area (Å²) in [6.45, 7) is 2.82. The fourth-order valence-electron chi connectivity index (χ4n) is 2.89. The Bertz CT molecular complexity index is 990. The standard InChI is InChI=1S/C23H27ClN6OS/c1-29(2)12-13-30(16-19-6-4-3-5-7-19)21-14-20(24)27-23(28-21)32-17-22(31)26-15-18-8-10-25-11-9-18/h3-11,14H,12-13,15-17H2,1-2H3,(H,26,31). The second-order valence-corrected chi connectivity index (χ2v) is 8.79. The largest absolute Gasteiger partial charge is 0.351 e. The molecule has 0 aliphatic rings. The van der Waals surface area contributed by atoms with Crippen molar-refractivity contribution in [1.82, 2.24) is 25.2 Å². The number of rotatable bonds is 11. The van der Waals surface area contributed by atoms with Crippen molar-refractivity contribution in [3.05, 3.63) is 77.2 Å². The van der Waals surface area contributed by atoms with Gasteiger partial charge in [-0.1, -0.05) is 53.7 Å². The number of nitrogens with one attached hydrogen (secondary N) is 1. The SMILES string of the molecule is CN(C)CCN(Cc1ccccc1)c1cc(Cl)nc(SCC(=O)NCc2ccncc2)n1. The highest BCUT2D eigenvalue weighted by Crippen LogP contribution is 2.23. The van der Waals surface area contributed by atoms with E-state index >= 15 is 0 Å². The molecular formula is C23H27ClN6OS. The van der Waals surface area contributed by atoms with E-state index in [1.165, 1.54) is 17.3 Å². The Morgan fingerprint density at radius 1 is 1.03 bits per heavy atom. The summed E-state index contributed by atoms with van der Waals surface area (Å²) in [5, 5.41) is 3.73. The molecule has 9 heteroatoms. The van der Waals surface area contributed by atoms with E-state index in [1.54, 1.807) is 18.5 Å². The van der Waals surface area contributed by atoms with Gasteiger partial charge in [0.15, 0.2) is 5.16 Å². The Kier molecular flexibility index (Phi) is 9.27. The smallest absolute Gasteiger partial charge is 0.230 e. The first kappa shape index (κ1) is 24.0. The molecule has 0 spiro atoms. The van der Waals surface area contributed by atoms with Gasteiger partial charge in [-0.2, -0.15) is 0 Å². The Morgan fingerprint density at radius 2 is 1.78 bits per heavy atom. The zero-order valence-electron chi connectivity index (χ0n) is 18.2. The summed E-state index contributed by atoms with van der Waals surface area (Å²) < 4.78 is 0. The van der Waals surface area contributed by atoms with Crippen LogP contribution < -0.4 is 10.2 Å². The van der Waals surface area contributed by atoms with Crippen LogP contribution in [0.4, 0.5) is 5.82 Å². The molecule has 0 radical (unpaired) electrons. The molecule has 0 bridgehead atoms. The number of benzene rings is 1. The number of halogens is 1. The first-order chi connectivity index (χ1) is 15.5. The quantitative estimate of drug-likeness (QED) is 0.261. The molecule has 0 fully saturated rings. The molecule has 0 aliphatic heterocycles. The molecule has 3 rings (SSSR count). The molecule has 32 heavy (non-hydrogen) atoms. The monoisotopic (exact) mass is 470 g/mol. The minimum atomic E-state index is -0.0920. The summed E-state index contributed by atoms with van der Waals surface area (Å²) in [4.78, 5) is 29.5.